The van der Waals surface area contributed by atoms with Crippen LogP contribution < -0.4 is 5.32 Å². The maximum Gasteiger partial charge on any atom is 0.159 e. The fraction of sp³-hybridized carbons (Fsp3) is 0.708. The van der Waals surface area contributed by atoms with Crippen molar-refractivity contribution in [2.45, 2.75) is 59.2 Å². The molecule has 0 aromatic carbocycles. The molecule has 27 heavy (non-hydrogen) atoms. The van der Waals surface area contributed by atoms with E-state index < -0.39 is 0 Å². The molecule has 2 bridgehead atoms. The van der Waals surface area contributed by atoms with Gasteiger partial charge in [0.1, 0.15) is 0 Å². The lowest BCUT2D eigenvalue weighted by atomic mass is 9.48. The molecule has 4 unspecified atom stereocenters. The fourth-order valence-electron chi connectivity index (χ4n) is 7.35. The Kier molecular flexibility index (Phi) is 3.91. The number of hydrogen-bond donors (Lipinski definition) is 1. The topological polar surface area (TPSA) is 38.3 Å². The molecule has 0 amide bonds. The Bertz CT molecular complexity index is 760. The number of hydrogen-bond acceptors (Lipinski definition) is 3. The molecule has 3 nitrogen and oxygen atoms in total. The largest absolute Gasteiger partial charge is 0.366 e. The smallest absolute Gasteiger partial charge is 0.159 e. The van der Waals surface area contributed by atoms with Gasteiger partial charge in [-0.05, 0) is 48.3 Å². The van der Waals surface area contributed by atoms with Crippen LogP contribution in [0, 0.1) is 34.5 Å². The first-order valence-corrected chi connectivity index (χ1v) is 10.8. The van der Waals surface area contributed by atoms with Gasteiger partial charge in [-0.25, -0.2) is 0 Å². The van der Waals surface area contributed by atoms with Gasteiger partial charge in [0, 0.05) is 36.8 Å². The summed E-state index contributed by atoms with van der Waals surface area (Å²) >= 11 is 0. The van der Waals surface area contributed by atoms with E-state index in [-0.39, 0.29) is 22.9 Å². The average molecular weight is 368 g/mol. The Morgan fingerprint density at radius 1 is 1.19 bits per heavy atom. The van der Waals surface area contributed by atoms with Crippen LogP contribution in [0.4, 0.5) is 0 Å². The summed E-state index contributed by atoms with van der Waals surface area (Å²) in [7, 11) is 0. The van der Waals surface area contributed by atoms with E-state index >= 15 is 0 Å². The Morgan fingerprint density at radius 3 is 2.78 bits per heavy atom. The minimum Gasteiger partial charge on any atom is -0.366 e. The van der Waals surface area contributed by atoms with Gasteiger partial charge in [0.2, 0.25) is 0 Å². The number of carbonyl (C=O) groups excluding carboxylic acids is 1. The second-order valence-corrected chi connectivity index (χ2v) is 10.6. The van der Waals surface area contributed by atoms with Crippen molar-refractivity contribution in [2.24, 2.45) is 34.5 Å². The van der Waals surface area contributed by atoms with Crippen molar-refractivity contribution in [3.05, 3.63) is 35.5 Å². The molecule has 0 radical (unpaired) electrons. The van der Waals surface area contributed by atoms with Gasteiger partial charge in [0.05, 0.1) is 12.2 Å². The second-order valence-electron chi connectivity index (χ2n) is 10.6. The van der Waals surface area contributed by atoms with Crippen molar-refractivity contribution in [3.8, 4) is 0 Å². The summed E-state index contributed by atoms with van der Waals surface area (Å²) in [6.45, 7) is 11.3. The molecule has 3 aliphatic heterocycles. The Hall–Kier alpha value is -1.19. The molecular formula is C24H33NO2. The number of rotatable bonds is 2. The summed E-state index contributed by atoms with van der Waals surface area (Å²) in [5.74, 6) is 2.14. The number of nitrogens with one attached hydrogen (secondary N) is 1. The lowest BCUT2D eigenvalue weighted by Gasteiger charge is -2.55. The van der Waals surface area contributed by atoms with E-state index in [1.807, 2.05) is 6.08 Å². The predicted octanol–water partition coefficient (Wildman–Crippen LogP) is 4.06. The van der Waals surface area contributed by atoms with Crippen LogP contribution in [0.2, 0.25) is 0 Å². The van der Waals surface area contributed by atoms with E-state index in [1.165, 1.54) is 17.6 Å². The normalized spacial score (nSPS) is 47.8. The number of carbonyl (C=O) groups is 1. The minimum atomic E-state index is 0.0324. The molecule has 2 saturated heterocycles. The van der Waals surface area contributed by atoms with Crippen LogP contribution in [0.15, 0.2) is 35.5 Å². The van der Waals surface area contributed by atoms with Gasteiger partial charge in [0.15, 0.2) is 5.78 Å². The van der Waals surface area contributed by atoms with Gasteiger partial charge in [-0.1, -0.05) is 44.9 Å². The highest BCUT2D eigenvalue weighted by Crippen LogP contribution is 2.59. The van der Waals surface area contributed by atoms with E-state index in [2.05, 4.69) is 51.2 Å². The van der Waals surface area contributed by atoms with E-state index in [9.17, 15) is 4.79 Å². The fourth-order valence-corrected chi connectivity index (χ4v) is 7.35. The van der Waals surface area contributed by atoms with Crippen LogP contribution in [0.3, 0.4) is 0 Å². The number of fused-ring (bicyclic) bond motifs is 6. The monoisotopic (exact) mass is 367 g/mol. The highest BCUT2D eigenvalue weighted by molar-refractivity contribution is 5.95. The van der Waals surface area contributed by atoms with Crippen LogP contribution in [-0.4, -0.2) is 31.1 Å². The molecule has 1 N–H and O–H groups in total. The SMILES string of the molecule is CC1=CC(=O)[C@H]2C(C)(C)CCC[C@]2(C)[C@H]1/C=C/C1=CC2OC1C1CNCC21. The number of allylic oxidation sites excluding steroid dienone is 3. The highest BCUT2D eigenvalue weighted by Gasteiger charge is 2.55. The van der Waals surface area contributed by atoms with Crippen molar-refractivity contribution in [1.82, 2.24) is 5.32 Å². The molecule has 146 valence electrons. The predicted molar refractivity (Wildman–Crippen MR) is 107 cm³/mol. The van der Waals surface area contributed by atoms with Crippen LogP contribution in [0.5, 0.6) is 0 Å². The van der Waals surface area contributed by atoms with Crippen LogP contribution >= 0.6 is 0 Å². The Balaban J connectivity index is 1.45. The summed E-state index contributed by atoms with van der Waals surface area (Å²) in [5.41, 5.74) is 2.72. The molecule has 3 heterocycles. The molecule has 3 fully saturated rings. The van der Waals surface area contributed by atoms with Gasteiger partial charge in [-0.2, -0.15) is 0 Å². The molecule has 3 heteroatoms. The van der Waals surface area contributed by atoms with E-state index in [4.69, 9.17) is 4.74 Å². The zero-order valence-electron chi connectivity index (χ0n) is 17.1. The van der Waals surface area contributed by atoms with Crippen LogP contribution in [-0.2, 0) is 9.53 Å². The van der Waals surface area contributed by atoms with Crippen molar-refractivity contribution in [2.75, 3.05) is 13.1 Å². The number of ketones is 1. The van der Waals surface area contributed by atoms with E-state index in [0.29, 0.717) is 29.6 Å². The standard InChI is InChI=1S/C24H33NO2/c1-14-10-19(26)22-23(2,3)8-5-9-24(22,4)18(14)7-6-15-11-20-16-12-25-13-17(16)21(15)27-20/h6-7,10-11,16-18,20-22,25H,5,8-9,12-13H2,1-4H3/b7-6+/t16?,17?,18-,20?,21?,22-,24+/m0/s1. The zero-order valence-corrected chi connectivity index (χ0v) is 17.1. The third-order valence-electron chi connectivity index (χ3n) is 8.42. The molecule has 5 rings (SSSR count). The van der Waals surface area contributed by atoms with E-state index in [0.717, 1.165) is 25.9 Å². The highest BCUT2D eigenvalue weighted by atomic mass is 16.5. The lowest BCUT2D eigenvalue weighted by Crippen LogP contribution is -2.52. The summed E-state index contributed by atoms with van der Waals surface area (Å²) in [6, 6.07) is 0. The average Bonchev–Trinajstić information content (AvgIpc) is 3.25. The van der Waals surface area contributed by atoms with Crippen molar-refractivity contribution in [3.63, 3.8) is 0 Å². The quantitative estimate of drug-likeness (QED) is 0.800. The third-order valence-corrected chi connectivity index (χ3v) is 8.42. The van der Waals surface area contributed by atoms with E-state index in [1.54, 1.807) is 0 Å². The van der Waals surface area contributed by atoms with Gasteiger partial charge in [-0.15, -0.1) is 0 Å². The van der Waals surface area contributed by atoms with Gasteiger partial charge in [-0.3, -0.25) is 4.79 Å². The van der Waals surface area contributed by atoms with Crippen LogP contribution in [0.1, 0.15) is 47.0 Å². The summed E-state index contributed by atoms with van der Waals surface area (Å²) in [4.78, 5) is 13.0. The first-order valence-electron chi connectivity index (χ1n) is 10.8. The maximum absolute atomic E-state index is 13.0. The molecule has 5 aliphatic rings. The van der Waals surface area contributed by atoms with Gasteiger partial charge in [0.25, 0.3) is 0 Å². The first-order chi connectivity index (χ1) is 12.8. The lowest BCUT2D eigenvalue weighted by molar-refractivity contribution is -0.134. The van der Waals surface area contributed by atoms with Gasteiger partial charge < -0.3 is 10.1 Å². The molecule has 7 atom stereocenters. The first kappa shape index (κ1) is 17.9. The molecule has 0 spiro atoms. The zero-order chi connectivity index (χ0) is 19.0. The minimum absolute atomic E-state index is 0.0324. The number of ether oxygens (including phenoxy) is 1. The maximum atomic E-state index is 13.0. The van der Waals surface area contributed by atoms with Gasteiger partial charge >= 0.3 is 0 Å². The van der Waals surface area contributed by atoms with Crippen molar-refractivity contribution in [1.29, 1.82) is 0 Å². The molecular weight excluding hydrogens is 334 g/mol. The molecule has 2 aliphatic carbocycles. The Morgan fingerprint density at radius 2 is 1.96 bits per heavy atom. The van der Waals surface area contributed by atoms with Crippen LogP contribution in [0.25, 0.3) is 0 Å². The molecule has 0 aromatic heterocycles. The summed E-state index contributed by atoms with van der Waals surface area (Å²) in [5, 5.41) is 3.53. The van der Waals surface area contributed by atoms with Crippen molar-refractivity contribution >= 4 is 5.78 Å². The molecule has 1 saturated carbocycles. The summed E-state index contributed by atoms with van der Waals surface area (Å²) < 4.78 is 6.25. The summed E-state index contributed by atoms with van der Waals surface area (Å²) in [6.07, 6.45) is 13.1. The third kappa shape index (κ3) is 2.50. The Labute approximate surface area is 163 Å². The second kappa shape index (κ2) is 5.90. The van der Waals surface area contributed by atoms with Crippen molar-refractivity contribution < 1.29 is 9.53 Å². The molecule has 0 aromatic rings.